The molecule has 0 atom stereocenters. The van der Waals surface area contributed by atoms with Crippen LogP contribution in [0.5, 0.6) is 0 Å². The summed E-state index contributed by atoms with van der Waals surface area (Å²) in [7, 11) is 0. The van der Waals surface area contributed by atoms with Crippen LogP contribution >= 0.6 is 0 Å². The standard InChI is InChI=1S/C57H45N/c1-3-5-18-43-28-29-47(40-46(43)19-6-4-2)45-32-36-51(37-33-45)58(50-34-30-44(31-35-50)42-20-10-7-11-21-42)52-38-39-54-53-26-16-17-27-55(53)57(56(54)41-52,48-22-12-8-13-23-48)49-24-14-9-15-25-49/h3-6,8-10,12-41H,1-2,7,11H2/b18-5-,19-6-/i30D,31D,32D,33D,34D,35D,36D,37D. The van der Waals surface area contributed by atoms with Gasteiger partial charge in [0.1, 0.15) is 0 Å². The van der Waals surface area contributed by atoms with Crippen molar-refractivity contribution < 1.29 is 11.0 Å². The number of fused-ring (bicyclic) bond motifs is 3. The van der Waals surface area contributed by atoms with Crippen molar-refractivity contribution in [2.24, 2.45) is 0 Å². The number of allylic oxidation sites excluding steroid dienone is 8. The first-order valence-corrected chi connectivity index (χ1v) is 19.5. The molecule has 58 heavy (non-hydrogen) atoms. The summed E-state index contributed by atoms with van der Waals surface area (Å²) in [4.78, 5) is 1.41. The third-order valence-electron chi connectivity index (χ3n) is 10.9. The van der Waals surface area contributed by atoms with Crippen LogP contribution in [-0.4, -0.2) is 0 Å². The van der Waals surface area contributed by atoms with Gasteiger partial charge >= 0.3 is 0 Å². The van der Waals surface area contributed by atoms with Gasteiger partial charge < -0.3 is 4.90 Å². The van der Waals surface area contributed by atoms with E-state index >= 15 is 0 Å². The van der Waals surface area contributed by atoms with Crippen LogP contribution in [0.4, 0.5) is 17.1 Å². The summed E-state index contributed by atoms with van der Waals surface area (Å²) in [6.45, 7) is 7.59. The van der Waals surface area contributed by atoms with Crippen LogP contribution in [-0.2, 0) is 5.41 Å². The normalized spacial score (nSPS) is 15.8. The highest BCUT2D eigenvalue weighted by molar-refractivity contribution is 5.90. The van der Waals surface area contributed by atoms with Gasteiger partial charge in [-0.05, 0) is 122 Å². The molecule has 0 heterocycles. The molecule has 7 aromatic rings. The molecule has 0 aliphatic heterocycles. The minimum Gasteiger partial charge on any atom is -0.310 e. The van der Waals surface area contributed by atoms with Gasteiger partial charge in [-0.2, -0.15) is 0 Å². The third-order valence-corrected chi connectivity index (χ3v) is 10.9. The van der Waals surface area contributed by atoms with Crippen LogP contribution in [0.15, 0.2) is 225 Å². The van der Waals surface area contributed by atoms with Crippen molar-refractivity contribution in [3.63, 3.8) is 0 Å². The molecule has 0 bridgehead atoms. The van der Waals surface area contributed by atoms with Gasteiger partial charge in [-0.15, -0.1) is 0 Å². The molecule has 0 amide bonds. The Balaban J connectivity index is 1.36. The fraction of sp³-hybridized carbons (Fsp3) is 0.0526. The van der Waals surface area contributed by atoms with Crippen LogP contribution in [0.25, 0.3) is 40.0 Å². The number of nitrogens with zero attached hydrogens (tertiary/aromatic N) is 1. The van der Waals surface area contributed by atoms with E-state index in [0.717, 1.165) is 50.9 Å². The Morgan fingerprint density at radius 3 is 1.76 bits per heavy atom. The molecule has 9 rings (SSSR count). The summed E-state index contributed by atoms with van der Waals surface area (Å²) < 4.78 is 76.9. The fourth-order valence-corrected chi connectivity index (χ4v) is 8.23. The highest BCUT2D eigenvalue weighted by Gasteiger charge is 2.46. The second kappa shape index (κ2) is 16.1. The molecule has 0 saturated heterocycles. The maximum atomic E-state index is 9.79. The number of hydrogen-bond acceptors (Lipinski definition) is 1. The quantitative estimate of drug-likeness (QED) is 0.119. The van der Waals surface area contributed by atoms with Crippen molar-refractivity contribution in [3.05, 3.63) is 264 Å². The minimum absolute atomic E-state index is 0.0729. The average molecular weight is 752 g/mol. The maximum absolute atomic E-state index is 9.79. The van der Waals surface area contributed by atoms with Crippen LogP contribution in [0, 0.1) is 0 Å². The summed E-state index contributed by atoms with van der Waals surface area (Å²) >= 11 is 0. The Kier molecular flexibility index (Phi) is 7.83. The molecule has 278 valence electrons. The van der Waals surface area contributed by atoms with Gasteiger partial charge in [0.25, 0.3) is 0 Å². The van der Waals surface area contributed by atoms with E-state index in [9.17, 15) is 11.0 Å². The lowest BCUT2D eigenvalue weighted by Crippen LogP contribution is -2.28. The lowest BCUT2D eigenvalue weighted by Gasteiger charge is -2.35. The van der Waals surface area contributed by atoms with Gasteiger partial charge in [0.2, 0.25) is 0 Å². The largest absolute Gasteiger partial charge is 0.310 e. The first-order valence-electron chi connectivity index (χ1n) is 23.5. The molecule has 0 aromatic heterocycles. The van der Waals surface area contributed by atoms with Gasteiger partial charge in [0.15, 0.2) is 0 Å². The molecule has 2 aliphatic carbocycles. The van der Waals surface area contributed by atoms with Crippen LogP contribution in [0.3, 0.4) is 0 Å². The minimum atomic E-state index is -0.863. The predicted molar refractivity (Wildman–Crippen MR) is 249 cm³/mol. The number of anilines is 3. The fourth-order valence-electron chi connectivity index (χ4n) is 8.23. The van der Waals surface area contributed by atoms with Gasteiger partial charge in [0, 0.05) is 17.1 Å². The summed E-state index contributed by atoms with van der Waals surface area (Å²) in [6.07, 6.45) is 17.8. The molecular weight excluding hydrogens is 699 g/mol. The Bertz CT molecular complexity index is 3120. The van der Waals surface area contributed by atoms with E-state index in [0.29, 0.717) is 23.2 Å². The first kappa shape index (κ1) is 28.2. The third kappa shape index (κ3) is 6.61. The smallest absolute Gasteiger partial charge is 0.0714 e. The van der Waals surface area contributed by atoms with Gasteiger partial charge in [-0.25, -0.2) is 0 Å². The van der Waals surface area contributed by atoms with Gasteiger partial charge in [-0.1, -0.05) is 195 Å². The zero-order valence-corrected chi connectivity index (χ0v) is 32.0. The van der Waals surface area contributed by atoms with Crippen molar-refractivity contribution >= 4 is 34.8 Å². The summed E-state index contributed by atoms with van der Waals surface area (Å²) in [5.74, 6) is 0. The molecule has 0 fully saturated rings. The lowest BCUT2D eigenvalue weighted by atomic mass is 9.67. The molecular formula is C57H45N. The summed E-state index contributed by atoms with van der Waals surface area (Å²) in [6, 6.07) is 37.0. The van der Waals surface area contributed by atoms with E-state index in [1.165, 1.54) is 4.90 Å². The molecule has 1 nitrogen and oxygen atoms in total. The van der Waals surface area contributed by atoms with E-state index in [2.05, 4.69) is 49.6 Å². The predicted octanol–water partition coefficient (Wildman–Crippen LogP) is 15.3. The second-order valence-corrected chi connectivity index (χ2v) is 14.2. The SMILES string of the molecule is [2H]c1c([2H])c(N(c2ccc3c(c2)C(c2ccccc2)(c2ccccc2)c2ccccc2-3)c2c([2H])c([2H])c(-c3ccc(/C=C\C=C)c(/C=C\C=C)c3)c([2H])c2[2H])c([2H])c([2H])c1C1=CCCC=C1. The van der Waals surface area contributed by atoms with Gasteiger partial charge in [-0.3, -0.25) is 0 Å². The molecule has 1 heteroatoms. The zero-order chi connectivity index (χ0) is 46.3. The highest BCUT2D eigenvalue weighted by Crippen LogP contribution is 2.57. The van der Waals surface area contributed by atoms with Crippen LogP contribution in [0.2, 0.25) is 0 Å². The Morgan fingerprint density at radius 2 is 1.12 bits per heavy atom. The number of rotatable bonds is 11. The Labute approximate surface area is 354 Å². The topological polar surface area (TPSA) is 3.24 Å². The number of hydrogen-bond donors (Lipinski definition) is 0. The van der Waals surface area contributed by atoms with E-state index in [4.69, 9.17) is 0 Å². The molecule has 2 aliphatic rings. The van der Waals surface area contributed by atoms with E-state index < -0.39 is 17.5 Å². The monoisotopic (exact) mass is 751 g/mol. The maximum Gasteiger partial charge on any atom is 0.0714 e. The lowest BCUT2D eigenvalue weighted by molar-refractivity contribution is 0.768. The summed E-state index contributed by atoms with van der Waals surface area (Å²) in [5.41, 5.74) is 7.82. The molecule has 7 aromatic carbocycles. The first-order chi connectivity index (χ1) is 32.0. The molecule has 0 N–H and O–H groups in total. The Morgan fingerprint density at radius 1 is 0.517 bits per heavy atom. The number of benzene rings is 7. The molecule has 0 unspecified atom stereocenters. The van der Waals surface area contributed by atoms with Crippen LogP contribution < -0.4 is 4.90 Å². The zero-order valence-electron chi connectivity index (χ0n) is 40.0. The van der Waals surface area contributed by atoms with Crippen molar-refractivity contribution in [2.75, 3.05) is 4.90 Å². The Hall–Kier alpha value is -7.22. The average Bonchev–Trinajstić information content (AvgIpc) is 3.65. The van der Waals surface area contributed by atoms with Crippen molar-refractivity contribution in [1.29, 1.82) is 0 Å². The van der Waals surface area contributed by atoms with E-state index in [1.54, 1.807) is 24.3 Å². The second-order valence-electron chi connectivity index (χ2n) is 14.2. The molecule has 0 saturated carbocycles. The van der Waals surface area contributed by atoms with Gasteiger partial charge in [0.05, 0.1) is 16.4 Å². The van der Waals surface area contributed by atoms with E-state index in [-0.39, 0.29) is 58.8 Å². The highest BCUT2D eigenvalue weighted by atomic mass is 15.1. The van der Waals surface area contributed by atoms with Crippen molar-refractivity contribution in [2.45, 2.75) is 18.3 Å². The molecule has 0 radical (unpaired) electrons. The van der Waals surface area contributed by atoms with E-state index in [1.807, 2.05) is 115 Å². The van der Waals surface area contributed by atoms with Crippen LogP contribution in [0.1, 0.15) is 62.8 Å². The molecule has 0 spiro atoms. The van der Waals surface area contributed by atoms with Crippen molar-refractivity contribution in [3.8, 4) is 22.3 Å². The summed E-state index contributed by atoms with van der Waals surface area (Å²) in [5, 5.41) is 0. The van der Waals surface area contributed by atoms with Crippen molar-refractivity contribution in [1.82, 2.24) is 0 Å².